The van der Waals surface area contributed by atoms with E-state index < -0.39 is 0 Å². The third-order valence-electron chi connectivity index (χ3n) is 6.12. The fourth-order valence-electron chi connectivity index (χ4n) is 4.65. The largest absolute Gasteiger partial charge is 0.484 e. The lowest BCUT2D eigenvalue weighted by Crippen LogP contribution is -2.39. The van der Waals surface area contributed by atoms with Gasteiger partial charge >= 0.3 is 0 Å². The normalized spacial score (nSPS) is 25.9. The standard InChI is InChI=1S/C23H22Cl2N2O3/c24-14-10-19-18(20(25)11-14)12-21(26-9-7-16(28)13-26)23(19)30-17-5-3-15(4-6-17)27-8-1-2-22(27)29/h1,3-6,8,10-11,16,21,23,28H,2,7,9,12-13H2/t16-,21+,23+/m1/s1. The molecule has 1 aliphatic carbocycles. The molecule has 2 aromatic rings. The third kappa shape index (κ3) is 3.60. The van der Waals surface area contributed by atoms with Gasteiger partial charge in [0, 0.05) is 47.0 Å². The van der Waals surface area contributed by atoms with Crippen LogP contribution in [0, 0.1) is 0 Å². The zero-order chi connectivity index (χ0) is 20.8. The second kappa shape index (κ2) is 7.89. The first-order valence-electron chi connectivity index (χ1n) is 10.1. The number of carbonyl (C=O) groups is 1. The highest BCUT2D eigenvalue weighted by atomic mass is 35.5. The lowest BCUT2D eigenvalue weighted by Gasteiger charge is -2.30. The van der Waals surface area contributed by atoms with Crippen LogP contribution in [-0.2, 0) is 11.2 Å². The van der Waals surface area contributed by atoms with Crippen LogP contribution in [0.4, 0.5) is 5.69 Å². The quantitative estimate of drug-likeness (QED) is 0.760. The monoisotopic (exact) mass is 444 g/mol. The number of carbonyl (C=O) groups excluding carboxylic acids is 1. The molecule has 0 radical (unpaired) electrons. The molecule has 0 bridgehead atoms. The minimum atomic E-state index is -0.307. The molecule has 5 rings (SSSR count). The van der Waals surface area contributed by atoms with Crippen molar-refractivity contribution in [1.82, 2.24) is 4.90 Å². The van der Waals surface area contributed by atoms with Crippen molar-refractivity contribution in [3.8, 4) is 5.75 Å². The van der Waals surface area contributed by atoms with E-state index >= 15 is 0 Å². The van der Waals surface area contributed by atoms with Crippen LogP contribution in [0.15, 0.2) is 48.7 Å². The number of fused-ring (bicyclic) bond motifs is 1. The number of ether oxygens (including phenoxy) is 1. The average molecular weight is 445 g/mol. The maximum Gasteiger partial charge on any atom is 0.234 e. The van der Waals surface area contributed by atoms with Gasteiger partial charge in [0.1, 0.15) is 11.9 Å². The van der Waals surface area contributed by atoms with Gasteiger partial charge in [-0.05, 0) is 54.8 Å². The van der Waals surface area contributed by atoms with E-state index in [4.69, 9.17) is 27.9 Å². The van der Waals surface area contributed by atoms with E-state index in [9.17, 15) is 9.90 Å². The third-order valence-corrected chi connectivity index (χ3v) is 6.68. The van der Waals surface area contributed by atoms with Crippen LogP contribution in [0.3, 0.4) is 0 Å². The molecular formula is C23H22Cl2N2O3. The van der Waals surface area contributed by atoms with Gasteiger partial charge in [-0.15, -0.1) is 0 Å². The molecule has 2 heterocycles. The number of aliphatic hydroxyl groups is 1. The van der Waals surface area contributed by atoms with E-state index in [0.29, 0.717) is 28.8 Å². The zero-order valence-electron chi connectivity index (χ0n) is 16.3. The van der Waals surface area contributed by atoms with Crippen LogP contribution in [0.2, 0.25) is 10.0 Å². The van der Waals surface area contributed by atoms with Crippen molar-refractivity contribution >= 4 is 34.8 Å². The molecule has 1 amide bonds. The first-order valence-corrected chi connectivity index (χ1v) is 10.9. The number of nitrogens with zero attached hydrogens (tertiary/aromatic N) is 2. The van der Waals surface area contributed by atoms with Crippen LogP contribution in [0.25, 0.3) is 0 Å². The van der Waals surface area contributed by atoms with Gasteiger partial charge in [-0.25, -0.2) is 0 Å². The summed E-state index contributed by atoms with van der Waals surface area (Å²) >= 11 is 12.8. The molecule has 1 N–H and O–H groups in total. The van der Waals surface area contributed by atoms with Crippen molar-refractivity contribution in [2.45, 2.75) is 37.5 Å². The molecule has 2 aliphatic heterocycles. The highest BCUT2D eigenvalue weighted by molar-refractivity contribution is 6.35. The minimum Gasteiger partial charge on any atom is -0.484 e. The van der Waals surface area contributed by atoms with Gasteiger partial charge in [-0.2, -0.15) is 0 Å². The molecule has 1 saturated heterocycles. The predicted molar refractivity (Wildman–Crippen MR) is 117 cm³/mol. The number of aliphatic hydroxyl groups excluding tert-OH is 1. The number of hydrogen-bond acceptors (Lipinski definition) is 4. The summed E-state index contributed by atoms with van der Waals surface area (Å²) in [5.74, 6) is 0.776. The number of benzene rings is 2. The smallest absolute Gasteiger partial charge is 0.234 e. The van der Waals surface area contributed by atoms with Crippen LogP contribution in [-0.4, -0.2) is 41.1 Å². The summed E-state index contributed by atoms with van der Waals surface area (Å²) in [6.45, 7) is 1.46. The van der Waals surface area contributed by atoms with Crippen LogP contribution < -0.4 is 9.64 Å². The minimum absolute atomic E-state index is 0.0605. The number of likely N-dealkylation sites (tertiary alicyclic amines) is 1. The molecule has 1 fully saturated rings. The Hall–Kier alpha value is -2.05. The van der Waals surface area contributed by atoms with Crippen molar-refractivity contribution in [1.29, 1.82) is 0 Å². The first-order chi connectivity index (χ1) is 14.5. The van der Waals surface area contributed by atoms with Crippen molar-refractivity contribution in [2.24, 2.45) is 0 Å². The van der Waals surface area contributed by atoms with E-state index in [1.807, 2.05) is 36.4 Å². The summed E-state index contributed by atoms with van der Waals surface area (Å²) in [6.07, 6.45) is 5.06. The number of halogens is 2. The molecular weight excluding hydrogens is 423 g/mol. The Morgan fingerprint density at radius 3 is 2.60 bits per heavy atom. The van der Waals surface area contributed by atoms with Crippen molar-refractivity contribution in [3.05, 3.63) is 69.8 Å². The van der Waals surface area contributed by atoms with Crippen LogP contribution in [0.5, 0.6) is 5.75 Å². The molecule has 3 atom stereocenters. The van der Waals surface area contributed by atoms with Crippen molar-refractivity contribution in [2.75, 3.05) is 18.0 Å². The molecule has 3 aliphatic rings. The molecule has 30 heavy (non-hydrogen) atoms. The second-order valence-corrected chi connectivity index (χ2v) is 8.89. The maximum absolute atomic E-state index is 11.9. The lowest BCUT2D eigenvalue weighted by molar-refractivity contribution is -0.116. The maximum atomic E-state index is 11.9. The Bertz CT molecular complexity index is 1010. The summed E-state index contributed by atoms with van der Waals surface area (Å²) in [6, 6.07) is 11.3. The number of β-amino-alcohol motifs (C(OH)–C–C–N with tert-alkyl or cyclic N) is 1. The fourth-order valence-corrected chi connectivity index (χ4v) is 5.24. The number of hydrogen-bond donors (Lipinski definition) is 1. The molecule has 0 unspecified atom stereocenters. The van der Waals surface area contributed by atoms with Gasteiger partial charge in [-0.1, -0.05) is 29.3 Å². The van der Waals surface area contributed by atoms with Gasteiger partial charge in [0.25, 0.3) is 0 Å². The molecule has 156 valence electrons. The van der Waals surface area contributed by atoms with Gasteiger partial charge < -0.3 is 9.84 Å². The van der Waals surface area contributed by atoms with E-state index in [-0.39, 0.29) is 24.2 Å². The first kappa shape index (κ1) is 19.9. The molecule has 2 aromatic carbocycles. The summed E-state index contributed by atoms with van der Waals surface area (Å²) in [5, 5.41) is 11.3. The average Bonchev–Trinajstić information content (AvgIpc) is 3.42. The molecule has 5 nitrogen and oxygen atoms in total. The summed E-state index contributed by atoms with van der Waals surface area (Å²) in [7, 11) is 0. The number of anilines is 1. The van der Waals surface area contributed by atoms with E-state index in [1.165, 1.54) is 0 Å². The van der Waals surface area contributed by atoms with Crippen molar-refractivity contribution in [3.63, 3.8) is 0 Å². The van der Waals surface area contributed by atoms with E-state index in [2.05, 4.69) is 4.90 Å². The van der Waals surface area contributed by atoms with Gasteiger partial charge in [0.15, 0.2) is 0 Å². The number of rotatable bonds is 4. The Labute approximate surface area is 185 Å². The summed E-state index contributed by atoms with van der Waals surface area (Å²) < 4.78 is 6.45. The second-order valence-electron chi connectivity index (χ2n) is 8.05. The topological polar surface area (TPSA) is 53.0 Å². The molecule has 0 saturated carbocycles. The van der Waals surface area contributed by atoms with E-state index in [1.54, 1.807) is 17.2 Å². The van der Waals surface area contributed by atoms with Gasteiger partial charge in [0.2, 0.25) is 5.91 Å². The molecule has 7 heteroatoms. The summed E-state index contributed by atoms with van der Waals surface area (Å²) in [4.78, 5) is 15.9. The highest BCUT2D eigenvalue weighted by Gasteiger charge is 2.41. The lowest BCUT2D eigenvalue weighted by atomic mass is 10.1. The predicted octanol–water partition coefficient (Wildman–Crippen LogP) is 4.36. The fraction of sp³-hybridized carbons (Fsp3) is 0.348. The summed E-state index contributed by atoms with van der Waals surface area (Å²) in [5.41, 5.74) is 2.88. The number of amides is 1. The SMILES string of the molecule is O=C1CC=CN1c1ccc(O[C@H]2c3cc(Cl)cc(Cl)c3C[C@@H]2N2CC[C@@H](O)C2)cc1. The highest BCUT2D eigenvalue weighted by Crippen LogP contribution is 2.43. The van der Waals surface area contributed by atoms with Crippen LogP contribution >= 0.6 is 23.2 Å². The Morgan fingerprint density at radius 2 is 1.93 bits per heavy atom. The Morgan fingerprint density at radius 1 is 1.13 bits per heavy atom. The van der Waals surface area contributed by atoms with Crippen LogP contribution in [0.1, 0.15) is 30.1 Å². The van der Waals surface area contributed by atoms with Gasteiger partial charge in [-0.3, -0.25) is 14.6 Å². The Balaban J connectivity index is 1.43. The Kier molecular flexibility index (Phi) is 5.23. The zero-order valence-corrected chi connectivity index (χ0v) is 17.8. The van der Waals surface area contributed by atoms with E-state index in [0.717, 1.165) is 36.2 Å². The van der Waals surface area contributed by atoms with Gasteiger partial charge in [0.05, 0.1) is 12.1 Å². The van der Waals surface area contributed by atoms with Crippen molar-refractivity contribution < 1.29 is 14.6 Å². The molecule has 0 spiro atoms. The molecule has 0 aromatic heterocycles.